The van der Waals surface area contributed by atoms with Crippen LogP contribution in [0, 0.1) is 6.92 Å². The largest absolute Gasteiger partial charge is 0.346 e. The molecule has 0 atom stereocenters. The minimum absolute atomic E-state index is 0.117. The van der Waals surface area contributed by atoms with Gasteiger partial charge < -0.3 is 5.32 Å². The average Bonchev–Trinajstić information content (AvgIpc) is 2.89. The van der Waals surface area contributed by atoms with Gasteiger partial charge in [0.2, 0.25) is 0 Å². The van der Waals surface area contributed by atoms with Gasteiger partial charge in [0.1, 0.15) is 5.69 Å². The first kappa shape index (κ1) is 13.9. The number of amides is 1. The smallest absolute Gasteiger partial charge is 0.271 e. The van der Waals surface area contributed by atoms with Crippen molar-refractivity contribution in [3.05, 3.63) is 50.3 Å². The van der Waals surface area contributed by atoms with Crippen LogP contribution in [0.15, 0.2) is 23.7 Å². The summed E-state index contributed by atoms with van der Waals surface area (Å²) >= 11 is 1.53. The van der Waals surface area contributed by atoms with E-state index in [1.54, 1.807) is 6.20 Å². The highest BCUT2D eigenvalue weighted by molar-refractivity contribution is 7.11. The summed E-state index contributed by atoms with van der Waals surface area (Å²) in [4.78, 5) is 27.5. The predicted molar refractivity (Wildman–Crippen MR) is 72.9 cm³/mol. The molecular formula is C11H11N7OS. The first-order valence-electron chi connectivity index (χ1n) is 5.70. The zero-order valence-electron chi connectivity index (χ0n) is 10.6. The van der Waals surface area contributed by atoms with E-state index in [2.05, 4.69) is 30.3 Å². The van der Waals surface area contributed by atoms with Gasteiger partial charge in [0.15, 0.2) is 0 Å². The van der Waals surface area contributed by atoms with Gasteiger partial charge in [-0.1, -0.05) is 5.11 Å². The van der Waals surface area contributed by atoms with Gasteiger partial charge in [-0.05, 0) is 12.5 Å². The number of carbonyl (C=O) groups is 1. The van der Waals surface area contributed by atoms with Gasteiger partial charge >= 0.3 is 0 Å². The Morgan fingerprint density at radius 1 is 1.40 bits per heavy atom. The summed E-state index contributed by atoms with van der Waals surface area (Å²) in [5.74, 6) is -0.307. The molecule has 0 aliphatic rings. The molecule has 0 bridgehead atoms. The molecule has 2 aromatic rings. The Balaban J connectivity index is 1.93. The first-order valence-corrected chi connectivity index (χ1v) is 6.52. The zero-order valence-corrected chi connectivity index (χ0v) is 11.5. The van der Waals surface area contributed by atoms with Crippen LogP contribution in [0.25, 0.3) is 10.4 Å². The Morgan fingerprint density at radius 2 is 2.25 bits per heavy atom. The van der Waals surface area contributed by atoms with Gasteiger partial charge in [-0.3, -0.25) is 9.78 Å². The summed E-state index contributed by atoms with van der Waals surface area (Å²) < 4.78 is 0. The number of carbonyl (C=O) groups excluding carboxylic acids is 1. The summed E-state index contributed by atoms with van der Waals surface area (Å²) in [6, 6.07) is 0. The van der Waals surface area contributed by atoms with Crippen LogP contribution in [-0.4, -0.2) is 20.9 Å². The van der Waals surface area contributed by atoms with E-state index in [-0.39, 0.29) is 18.1 Å². The molecule has 2 heterocycles. The Labute approximate surface area is 118 Å². The van der Waals surface area contributed by atoms with Crippen molar-refractivity contribution < 1.29 is 4.79 Å². The maximum Gasteiger partial charge on any atom is 0.271 e. The zero-order chi connectivity index (χ0) is 14.4. The quantitative estimate of drug-likeness (QED) is 0.514. The second-order valence-corrected chi connectivity index (χ2v) is 5.13. The Morgan fingerprint density at radius 3 is 2.85 bits per heavy atom. The second-order valence-electron chi connectivity index (χ2n) is 3.81. The van der Waals surface area contributed by atoms with Crippen molar-refractivity contribution in [2.24, 2.45) is 5.11 Å². The number of aromatic nitrogens is 3. The number of hydrogen-bond acceptors (Lipinski definition) is 6. The lowest BCUT2D eigenvalue weighted by molar-refractivity contribution is 0.0946. The van der Waals surface area contributed by atoms with Crippen LogP contribution in [0.5, 0.6) is 0 Å². The van der Waals surface area contributed by atoms with Gasteiger partial charge in [-0.25, -0.2) is 9.97 Å². The highest BCUT2D eigenvalue weighted by atomic mass is 32.1. The van der Waals surface area contributed by atoms with Gasteiger partial charge in [0.25, 0.3) is 5.91 Å². The van der Waals surface area contributed by atoms with E-state index >= 15 is 0 Å². The lowest BCUT2D eigenvalue weighted by atomic mass is 10.4. The van der Waals surface area contributed by atoms with Crippen LogP contribution in [0.3, 0.4) is 0 Å². The number of nitrogens with zero attached hydrogens (tertiary/aromatic N) is 6. The molecule has 20 heavy (non-hydrogen) atoms. The maximum atomic E-state index is 11.8. The number of thiazole rings is 1. The maximum absolute atomic E-state index is 11.8. The molecule has 0 saturated carbocycles. The van der Waals surface area contributed by atoms with Gasteiger partial charge in [0.05, 0.1) is 30.0 Å². The Bertz CT molecular complexity index is 645. The Kier molecular flexibility index (Phi) is 4.59. The lowest BCUT2D eigenvalue weighted by Crippen LogP contribution is -2.23. The van der Waals surface area contributed by atoms with Crippen molar-refractivity contribution >= 4 is 17.2 Å². The summed E-state index contributed by atoms with van der Waals surface area (Å²) in [6.07, 6.45) is 4.50. The van der Waals surface area contributed by atoms with Crippen molar-refractivity contribution in [2.75, 3.05) is 0 Å². The third-order valence-electron chi connectivity index (χ3n) is 2.33. The number of azide groups is 1. The molecule has 0 spiro atoms. The summed E-state index contributed by atoms with van der Waals surface area (Å²) in [7, 11) is 0. The molecule has 2 aromatic heterocycles. The van der Waals surface area contributed by atoms with Crippen LogP contribution in [0.1, 0.15) is 26.1 Å². The average molecular weight is 289 g/mol. The third-order valence-corrected chi connectivity index (χ3v) is 3.24. The molecule has 0 aliphatic heterocycles. The summed E-state index contributed by atoms with van der Waals surface area (Å²) in [6.45, 7) is 2.43. The molecule has 1 amide bonds. The molecule has 1 N–H and O–H groups in total. The molecule has 0 saturated heterocycles. The molecule has 0 fully saturated rings. The molecule has 0 aromatic carbocycles. The van der Waals surface area contributed by atoms with Crippen molar-refractivity contribution in [3.8, 4) is 0 Å². The SMILES string of the molecule is Cc1ncc(CNC(=O)c2cnc(CN=[N+]=[N-])cn2)s1. The van der Waals surface area contributed by atoms with Gasteiger partial charge in [-0.15, -0.1) is 11.3 Å². The number of hydrogen-bond donors (Lipinski definition) is 1. The minimum atomic E-state index is -0.307. The fraction of sp³-hybridized carbons (Fsp3) is 0.273. The summed E-state index contributed by atoms with van der Waals surface area (Å²) in [5, 5.41) is 7.06. The predicted octanol–water partition coefficient (Wildman–Crippen LogP) is 1.98. The van der Waals surface area contributed by atoms with E-state index in [9.17, 15) is 4.79 Å². The van der Waals surface area contributed by atoms with Gasteiger partial charge in [0, 0.05) is 22.2 Å². The van der Waals surface area contributed by atoms with Crippen molar-refractivity contribution in [2.45, 2.75) is 20.0 Å². The van der Waals surface area contributed by atoms with E-state index in [1.807, 2.05) is 6.92 Å². The number of nitrogens with one attached hydrogen (secondary N) is 1. The lowest BCUT2D eigenvalue weighted by Gasteiger charge is -2.02. The molecular weight excluding hydrogens is 278 g/mol. The second kappa shape index (κ2) is 6.60. The molecule has 2 rings (SSSR count). The molecule has 0 radical (unpaired) electrons. The first-order chi connectivity index (χ1) is 9.69. The fourth-order valence-electron chi connectivity index (χ4n) is 1.40. The van der Waals surface area contributed by atoms with Crippen LogP contribution in [0.4, 0.5) is 0 Å². The Hall–Kier alpha value is -2.51. The van der Waals surface area contributed by atoms with Gasteiger partial charge in [-0.2, -0.15) is 0 Å². The highest BCUT2D eigenvalue weighted by Gasteiger charge is 2.08. The van der Waals surface area contributed by atoms with E-state index in [0.717, 1.165) is 9.88 Å². The molecule has 0 unspecified atom stereocenters. The third kappa shape index (κ3) is 3.74. The van der Waals surface area contributed by atoms with E-state index in [4.69, 9.17) is 5.53 Å². The van der Waals surface area contributed by atoms with Crippen LogP contribution in [0.2, 0.25) is 0 Å². The number of aryl methyl sites for hydroxylation is 1. The van der Waals surface area contributed by atoms with E-state index < -0.39 is 0 Å². The molecule has 0 aliphatic carbocycles. The molecule has 102 valence electrons. The number of rotatable bonds is 5. The highest BCUT2D eigenvalue weighted by Crippen LogP contribution is 2.10. The fourth-order valence-corrected chi connectivity index (χ4v) is 2.14. The summed E-state index contributed by atoms with van der Waals surface area (Å²) in [5.41, 5.74) is 8.92. The molecule has 9 heteroatoms. The van der Waals surface area contributed by atoms with Crippen molar-refractivity contribution in [1.82, 2.24) is 20.3 Å². The van der Waals surface area contributed by atoms with Crippen molar-refractivity contribution in [3.63, 3.8) is 0 Å². The van der Waals surface area contributed by atoms with Crippen LogP contribution in [-0.2, 0) is 13.1 Å². The van der Waals surface area contributed by atoms with Crippen LogP contribution < -0.4 is 5.32 Å². The van der Waals surface area contributed by atoms with E-state index in [0.29, 0.717) is 12.2 Å². The van der Waals surface area contributed by atoms with Crippen LogP contribution >= 0.6 is 11.3 Å². The molecule has 8 nitrogen and oxygen atoms in total. The normalized spacial score (nSPS) is 9.85. The monoisotopic (exact) mass is 289 g/mol. The van der Waals surface area contributed by atoms with Crippen molar-refractivity contribution in [1.29, 1.82) is 0 Å². The standard InChI is InChI=1S/C11H11N7OS/c1-7-13-4-9(20-7)5-16-11(19)10-6-14-8(2-15-10)3-17-18-12/h2,4,6H,3,5H2,1H3,(H,16,19). The topological polar surface area (TPSA) is 117 Å². The van der Waals surface area contributed by atoms with E-state index in [1.165, 1.54) is 23.7 Å². The minimum Gasteiger partial charge on any atom is -0.346 e.